The Morgan fingerprint density at radius 2 is 1.89 bits per heavy atom. The van der Waals surface area contributed by atoms with Crippen molar-refractivity contribution in [2.75, 3.05) is 6.61 Å². The average Bonchev–Trinajstić information content (AvgIpc) is 2.37. The third kappa shape index (κ3) is 3.84. The van der Waals surface area contributed by atoms with Gasteiger partial charge in [-0.25, -0.2) is 4.39 Å². The number of halogens is 2. The highest BCUT2D eigenvalue weighted by Crippen LogP contribution is 2.18. The summed E-state index contributed by atoms with van der Waals surface area (Å²) in [6, 6.07) is 14.6. The zero-order chi connectivity index (χ0) is 12.8. The van der Waals surface area contributed by atoms with Crippen LogP contribution >= 0.6 is 15.9 Å². The highest BCUT2D eigenvalue weighted by Gasteiger charge is 2.00. The predicted octanol–water partition coefficient (Wildman–Crippen LogP) is 4.60. The minimum absolute atomic E-state index is 0.139. The molecule has 0 aliphatic carbocycles. The standard InChI is InChI=1S/C15H14BrFO/c16-13-7-3-8-14(11-13)18-10-4-6-12-5-1-2-9-15(12)17/h1-3,5,7-9,11H,4,6,10H2. The smallest absolute Gasteiger partial charge is 0.126 e. The summed E-state index contributed by atoms with van der Waals surface area (Å²) in [7, 11) is 0. The first-order valence-corrected chi connectivity index (χ1v) is 6.67. The molecule has 1 nitrogen and oxygen atoms in total. The van der Waals surface area contributed by atoms with Crippen molar-refractivity contribution in [3.63, 3.8) is 0 Å². The van der Waals surface area contributed by atoms with Crippen molar-refractivity contribution in [1.29, 1.82) is 0 Å². The molecule has 0 N–H and O–H groups in total. The quantitative estimate of drug-likeness (QED) is 0.734. The third-order valence-electron chi connectivity index (χ3n) is 2.61. The lowest BCUT2D eigenvalue weighted by atomic mass is 10.1. The van der Waals surface area contributed by atoms with Gasteiger partial charge in [0.15, 0.2) is 0 Å². The summed E-state index contributed by atoms with van der Waals surface area (Å²) in [5, 5.41) is 0. The van der Waals surface area contributed by atoms with Gasteiger partial charge in [-0.15, -0.1) is 0 Å². The fourth-order valence-corrected chi connectivity index (χ4v) is 2.09. The molecule has 0 aliphatic rings. The van der Waals surface area contributed by atoms with E-state index in [4.69, 9.17) is 4.74 Å². The molecule has 0 spiro atoms. The molecule has 18 heavy (non-hydrogen) atoms. The van der Waals surface area contributed by atoms with Gasteiger partial charge < -0.3 is 4.74 Å². The van der Waals surface area contributed by atoms with E-state index < -0.39 is 0 Å². The number of hydrogen-bond acceptors (Lipinski definition) is 1. The zero-order valence-electron chi connectivity index (χ0n) is 9.90. The summed E-state index contributed by atoms with van der Waals surface area (Å²) in [4.78, 5) is 0. The molecule has 0 saturated carbocycles. The van der Waals surface area contributed by atoms with Crippen LogP contribution in [0.1, 0.15) is 12.0 Å². The van der Waals surface area contributed by atoms with Gasteiger partial charge in [0.2, 0.25) is 0 Å². The molecule has 0 amide bonds. The maximum absolute atomic E-state index is 13.3. The van der Waals surface area contributed by atoms with Crippen LogP contribution in [0.4, 0.5) is 4.39 Å². The fourth-order valence-electron chi connectivity index (χ4n) is 1.71. The molecule has 0 heterocycles. The summed E-state index contributed by atoms with van der Waals surface area (Å²) in [5.41, 5.74) is 0.746. The largest absolute Gasteiger partial charge is 0.494 e. The Labute approximate surface area is 115 Å². The van der Waals surface area contributed by atoms with Crippen LogP contribution in [0.3, 0.4) is 0 Å². The molecular weight excluding hydrogens is 295 g/mol. The van der Waals surface area contributed by atoms with E-state index in [1.165, 1.54) is 6.07 Å². The lowest BCUT2D eigenvalue weighted by molar-refractivity contribution is 0.310. The van der Waals surface area contributed by atoms with Gasteiger partial charge in [-0.3, -0.25) is 0 Å². The van der Waals surface area contributed by atoms with E-state index in [-0.39, 0.29) is 5.82 Å². The SMILES string of the molecule is Fc1ccccc1CCCOc1cccc(Br)c1. The molecule has 0 aliphatic heterocycles. The Hall–Kier alpha value is -1.35. The Kier molecular flexibility index (Phi) is 4.76. The van der Waals surface area contributed by atoms with Crippen LogP contribution in [-0.2, 0) is 6.42 Å². The van der Waals surface area contributed by atoms with Crippen molar-refractivity contribution in [3.05, 3.63) is 64.4 Å². The molecule has 0 fully saturated rings. The van der Waals surface area contributed by atoms with Gasteiger partial charge in [0.05, 0.1) is 6.61 Å². The Morgan fingerprint density at radius 3 is 2.67 bits per heavy atom. The summed E-state index contributed by atoms with van der Waals surface area (Å²) >= 11 is 3.39. The van der Waals surface area contributed by atoms with Crippen molar-refractivity contribution < 1.29 is 9.13 Å². The van der Waals surface area contributed by atoms with Gasteiger partial charge in [-0.2, -0.15) is 0 Å². The van der Waals surface area contributed by atoms with Crippen LogP contribution in [0.15, 0.2) is 53.0 Å². The monoisotopic (exact) mass is 308 g/mol. The summed E-state index contributed by atoms with van der Waals surface area (Å²) in [6.07, 6.45) is 1.49. The Bertz CT molecular complexity index is 513. The number of aryl methyl sites for hydroxylation is 1. The average molecular weight is 309 g/mol. The molecular formula is C15H14BrFO. The van der Waals surface area contributed by atoms with Gasteiger partial charge in [0, 0.05) is 4.47 Å². The molecule has 0 atom stereocenters. The van der Waals surface area contributed by atoms with Gasteiger partial charge in [0.1, 0.15) is 11.6 Å². The molecule has 94 valence electrons. The van der Waals surface area contributed by atoms with Crippen LogP contribution in [0, 0.1) is 5.82 Å². The summed E-state index contributed by atoms with van der Waals surface area (Å²) in [5.74, 6) is 0.692. The third-order valence-corrected chi connectivity index (χ3v) is 3.11. The number of ether oxygens (including phenoxy) is 1. The van der Waals surface area contributed by atoms with Crippen LogP contribution in [-0.4, -0.2) is 6.61 Å². The van der Waals surface area contributed by atoms with Crippen LogP contribution in [0.5, 0.6) is 5.75 Å². The summed E-state index contributed by atoms with van der Waals surface area (Å²) < 4.78 is 19.9. The van der Waals surface area contributed by atoms with Gasteiger partial charge in [0.25, 0.3) is 0 Å². The van der Waals surface area contributed by atoms with E-state index in [1.54, 1.807) is 6.07 Å². The lowest BCUT2D eigenvalue weighted by Crippen LogP contribution is -2.00. The maximum atomic E-state index is 13.3. The molecule has 2 aromatic carbocycles. The molecule has 2 aromatic rings. The molecule has 0 aromatic heterocycles. The summed E-state index contributed by atoms with van der Waals surface area (Å²) in [6.45, 7) is 0.588. The van der Waals surface area contributed by atoms with E-state index in [2.05, 4.69) is 15.9 Å². The van der Waals surface area contributed by atoms with Crippen molar-refractivity contribution in [2.24, 2.45) is 0 Å². The molecule has 3 heteroatoms. The molecule has 0 radical (unpaired) electrons. The van der Waals surface area contributed by atoms with Crippen molar-refractivity contribution in [1.82, 2.24) is 0 Å². The van der Waals surface area contributed by atoms with E-state index >= 15 is 0 Å². The van der Waals surface area contributed by atoms with Gasteiger partial charge in [-0.05, 0) is 42.7 Å². The number of hydrogen-bond donors (Lipinski definition) is 0. The minimum atomic E-state index is -0.139. The second-order valence-electron chi connectivity index (χ2n) is 4.00. The van der Waals surface area contributed by atoms with Crippen LogP contribution < -0.4 is 4.74 Å². The Morgan fingerprint density at radius 1 is 1.06 bits per heavy atom. The minimum Gasteiger partial charge on any atom is -0.494 e. The van der Waals surface area contributed by atoms with Crippen LogP contribution in [0.2, 0.25) is 0 Å². The van der Waals surface area contributed by atoms with Gasteiger partial charge >= 0.3 is 0 Å². The fraction of sp³-hybridized carbons (Fsp3) is 0.200. The second-order valence-corrected chi connectivity index (χ2v) is 4.92. The predicted molar refractivity (Wildman–Crippen MR) is 74.4 cm³/mol. The first-order valence-electron chi connectivity index (χ1n) is 5.87. The second kappa shape index (κ2) is 6.55. The molecule has 0 bridgehead atoms. The normalized spacial score (nSPS) is 10.3. The molecule has 0 unspecified atom stereocenters. The highest BCUT2D eigenvalue weighted by molar-refractivity contribution is 9.10. The van der Waals surface area contributed by atoms with Crippen molar-refractivity contribution in [3.8, 4) is 5.75 Å². The maximum Gasteiger partial charge on any atom is 0.126 e. The van der Waals surface area contributed by atoms with Gasteiger partial charge in [-0.1, -0.05) is 40.2 Å². The topological polar surface area (TPSA) is 9.23 Å². The first-order chi connectivity index (χ1) is 8.75. The lowest BCUT2D eigenvalue weighted by Gasteiger charge is -2.07. The highest BCUT2D eigenvalue weighted by atomic mass is 79.9. The zero-order valence-corrected chi connectivity index (χ0v) is 11.5. The number of benzene rings is 2. The molecule has 0 saturated heterocycles. The van der Waals surface area contributed by atoms with E-state index in [1.807, 2.05) is 36.4 Å². The van der Waals surface area contributed by atoms with Crippen molar-refractivity contribution in [2.45, 2.75) is 12.8 Å². The van der Waals surface area contributed by atoms with E-state index in [9.17, 15) is 4.39 Å². The first kappa shape index (κ1) is 13.1. The van der Waals surface area contributed by atoms with E-state index in [0.29, 0.717) is 13.0 Å². The van der Waals surface area contributed by atoms with Crippen molar-refractivity contribution >= 4 is 15.9 Å². The van der Waals surface area contributed by atoms with E-state index in [0.717, 1.165) is 22.2 Å². The van der Waals surface area contributed by atoms with Crippen LogP contribution in [0.25, 0.3) is 0 Å². The Balaban J connectivity index is 1.78. The molecule has 2 rings (SSSR count). The number of rotatable bonds is 5.